The maximum Gasteiger partial charge on any atom is 0.247 e. The molecule has 2 aromatic heterocycles. The summed E-state index contributed by atoms with van der Waals surface area (Å²) in [5, 5.41) is 21.8. The zero-order valence-electron chi connectivity index (χ0n) is 57.6. The lowest BCUT2D eigenvalue weighted by Crippen LogP contribution is -2.68. The number of para-hydroxylation sites is 1. The number of allylic oxidation sites excluding steroid dienone is 2. The van der Waals surface area contributed by atoms with Crippen LogP contribution < -0.4 is 25.1 Å². The van der Waals surface area contributed by atoms with E-state index < -0.39 is 23.6 Å². The number of fused-ring (bicyclic) bond motifs is 6. The molecule has 102 heavy (non-hydrogen) atoms. The third-order valence-corrected chi connectivity index (χ3v) is 19.3. The van der Waals surface area contributed by atoms with E-state index in [1.165, 1.54) is 128 Å². The van der Waals surface area contributed by atoms with Gasteiger partial charge in [-0.1, -0.05) is 192 Å². The number of carboxylic acids is 2. The van der Waals surface area contributed by atoms with E-state index in [4.69, 9.17) is 4.42 Å². The van der Waals surface area contributed by atoms with Crippen molar-refractivity contribution in [3.8, 4) is 0 Å². The fraction of sp³-hybridized carbons (Fsp3) is 0.329. The predicted octanol–water partition coefficient (Wildman–Crippen LogP) is 11.1. The van der Waals surface area contributed by atoms with Crippen molar-refractivity contribution in [3.05, 3.63) is 274 Å². The molecule has 7 aliphatic rings. The number of piperidine rings is 1. The highest BCUT2D eigenvalue weighted by Gasteiger charge is 2.40. The SMILES string of the molecule is C.C.C1=C2CCCCN2CCC1.CC(C(=O)[O-])c1ccc2oc3ccccc3c(=O)c2c1.CN(C)c1cc[n+](CC(=O)c2ccccc2)cc1.O=C(C[N+]12CCN(CC1)CC2)c1ccccc1.O=C([O-])C(=O)c1ccccc1.O=C(c1ccccc1)c1ccc(CN2CCC[N+]3=C2CCC3)cc1. The molecule has 9 aromatic rings. The lowest BCUT2D eigenvalue weighted by Gasteiger charge is -2.50. The second-order valence-corrected chi connectivity index (χ2v) is 26.4. The lowest BCUT2D eigenvalue weighted by molar-refractivity contribution is -0.933. The van der Waals surface area contributed by atoms with Gasteiger partial charge in [-0.25, -0.2) is 0 Å². The Hall–Kier alpha value is -10.5. The minimum Gasteiger partial charge on any atom is -0.550 e. The molecule has 16 rings (SSSR count). The van der Waals surface area contributed by atoms with E-state index in [-0.39, 0.29) is 37.4 Å². The summed E-state index contributed by atoms with van der Waals surface area (Å²) in [6, 6.07) is 60.2. The third kappa shape index (κ3) is 21.1. The molecule has 1 unspecified atom stereocenters. The number of anilines is 1. The first-order valence-corrected chi connectivity index (χ1v) is 34.9. The highest BCUT2D eigenvalue weighted by Crippen LogP contribution is 2.27. The van der Waals surface area contributed by atoms with Gasteiger partial charge >= 0.3 is 0 Å². The number of quaternary nitrogens is 1. The average molecular weight is 1380 g/mol. The van der Waals surface area contributed by atoms with Crippen LogP contribution in [0.3, 0.4) is 0 Å². The fourth-order valence-corrected chi connectivity index (χ4v) is 13.4. The van der Waals surface area contributed by atoms with Crippen molar-refractivity contribution in [2.24, 2.45) is 0 Å². The van der Waals surface area contributed by atoms with Gasteiger partial charge in [0.2, 0.25) is 35.2 Å². The van der Waals surface area contributed by atoms with Crippen molar-refractivity contribution in [2.75, 3.05) is 97.5 Å². The van der Waals surface area contributed by atoms with Crippen molar-refractivity contribution >= 4 is 68.5 Å². The summed E-state index contributed by atoms with van der Waals surface area (Å²) < 4.78 is 11.1. The van der Waals surface area contributed by atoms with E-state index in [1.54, 1.807) is 66.4 Å². The van der Waals surface area contributed by atoms with Crippen LogP contribution in [0.2, 0.25) is 0 Å². The number of Topliss-reactive ketones (excluding diaryl/α,β-unsaturated/α-hetero) is 3. The third-order valence-electron chi connectivity index (χ3n) is 19.3. The van der Waals surface area contributed by atoms with E-state index in [2.05, 4.69) is 37.5 Å². The summed E-state index contributed by atoms with van der Waals surface area (Å²) in [6.45, 7) is 16.7. The Bertz CT molecular complexity index is 4370. The first kappa shape index (κ1) is 77.3. The zero-order valence-corrected chi connectivity index (χ0v) is 57.6. The van der Waals surface area contributed by atoms with Crippen LogP contribution in [0.1, 0.15) is 137 Å². The Morgan fingerprint density at radius 2 is 1.11 bits per heavy atom. The number of aliphatic carboxylic acids is 2. The maximum atomic E-state index is 12.5. The molecule has 0 amide bonds. The van der Waals surface area contributed by atoms with Gasteiger partial charge in [0.1, 0.15) is 30.2 Å². The summed E-state index contributed by atoms with van der Waals surface area (Å²) in [5.74, 6) is -2.55. The van der Waals surface area contributed by atoms with Crippen LogP contribution in [-0.4, -0.2) is 157 Å². The van der Waals surface area contributed by atoms with Crippen LogP contribution in [0.25, 0.3) is 21.9 Å². The van der Waals surface area contributed by atoms with Crippen molar-refractivity contribution < 1.29 is 57.0 Å². The molecular formula is C85H98N7O10+. The molecule has 4 saturated heterocycles. The van der Waals surface area contributed by atoms with Gasteiger partial charge in [0.05, 0.1) is 56.5 Å². The van der Waals surface area contributed by atoms with Crippen LogP contribution in [0.15, 0.2) is 234 Å². The van der Waals surface area contributed by atoms with Crippen LogP contribution in [-0.2, 0) is 22.7 Å². The van der Waals surface area contributed by atoms with E-state index in [0.717, 1.165) is 65.1 Å². The van der Waals surface area contributed by atoms with E-state index in [0.29, 0.717) is 46.4 Å². The van der Waals surface area contributed by atoms with Crippen LogP contribution in [0.5, 0.6) is 0 Å². The quantitative estimate of drug-likeness (QED) is 0.0309. The van der Waals surface area contributed by atoms with Gasteiger partial charge in [-0.3, -0.25) is 38.3 Å². The topological polar surface area (TPSA) is 199 Å². The minimum absolute atomic E-state index is 0. The number of nitrogens with zero attached hydrogens (tertiary/aromatic N) is 7. The summed E-state index contributed by atoms with van der Waals surface area (Å²) in [5.41, 5.74) is 8.65. The second-order valence-electron chi connectivity index (χ2n) is 26.4. The molecule has 17 heteroatoms. The summed E-state index contributed by atoms with van der Waals surface area (Å²) in [7, 11) is 3.99. The van der Waals surface area contributed by atoms with Crippen molar-refractivity contribution in [1.82, 2.24) is 14.7 Å². The molecule has 9 heterocycles. The van der Waals surface area contributed by atoms with Gasteiger partial charge in [-0.15, -0.1) is 0 Å². The number of hydrogen-bond acceptors (Lipinski definition) is 14. The van der Waals surface area contributed by atoms with Gasteiger partial charge < -0.3 is 38.5 Å². The van der Waals surface area contributed by atoms with E-state index in [1.807, 2.05) is 151 Å². The largest absolute Gasteiger partial charge is 0.550 e. The summed E-state index contributed by atoms with van der Waals surface area (Å²) in [6.07, 6.45) is 16.9. The maximum absolute atomic E-state index is 12.5. The number of pyridine rings is 1. The summed E-state index contributed by atoms with van der Waals surface area (Å²) >= 11 is 0. The summed E-state index contributed by atoms with van der Waals surface area (Å²) in [4.78, 5) is 90.4. The predicted molar refractivity (Wildman–Crippen MR) is 400 cm³/mol. The molecule has 0 N–H and O–H groups in total. The number of carbonyl (C=O) groups excluding carboxylic acids is 6. The molecule has 0 spiro atoms. The number of carboxylic acid groups (broad SMARTS) is 2. The minimum atomic E-state index is -1.67. The van der Waals surface area contributed by atoms with Gasteiger partial charge in [-0.05, 0) is 73.9 Å². The molecular weight excluding hydrogens is 1280 g/mol. The van der Waals surface area contributed by atoms with E-state index >= 15 is 0 Å². The Morgan fingerprint density at radius 3 is 1.71 bits per heavy atom. The smallest absolute Gasteiger partial charge is 0.247 e. The van der Waals surface area contributed by atoms with Gasteiger partial charge in [-0.2, -0.15) is 4.57 Å². The molecule has 0 radical (unpaired) electrons. The average Bonchev–Trinajstić information content (AvgIpc) is 0.935. The number of benzene rings is 7. The molecule has 532 valence electrons. The molecule has 1 atom stereocenters. The molecule has 0 saturated carbocycles. The fourth-order valence-electron chi connectivity index (χ4n) is 13.4. The molecule has 7 aromatic carbocycles. The van der Waals surface area contributed by atoms with Crippen LogP contribution in [0, 0.1) is 0 Å². The number of amidine groups is 1. The highest BCUT2D eigenvalue weighted by molar-refractivity contribution is 6.38. The Balaban J connectivity index is 0.000000158. The van der Waals surface area contributed by atoms with Crippen molar-refractivity contribution in [1.29, 1.82) is 0 Å². The Morgan fingerprint density at radius 1 is 0.559 bits per heavy atom. The Kier molecular flexibility index (Phi) is 28.6. The number of carbonyl (C=O) groups is 6. The zero-order chi connectivity index (χ0) is 70.4. The normalized spacial score (nSPS) is 17.0. The first-order chi connectivity index (χ1) is 48.5. The number of rotatable bonds is 15. The van der Waals surface area contributed by atoms with Crippen LogP contribution >= 0.6 is 0 Å². The van der Waals surface area contributed by atoms with Gasteiger partial charge in [0.25, 0.3) is 0 Å². The molecule has 17 nitrogen and oxygen atoms in total. The number of ketones is 4. The Labute approximate surface area is 600 Å². The van der Waals surface area contributed by atoms with Crippen molar-refractivity contribution in [3.63, 3.8) is 0 Å². The number of hydrogen-bond donors (Lipinski definition) is 0. The standard InChI is InChI=1S/C21H23N2O.C16H12O4.C15H17N2O.C14H19N2O.C9H15N.C8H6O3.2CH4/c24-21(18-6-2-1-3-7-18)19-11-9-17(10-12-19)16-23-15-5-14-22-13-4-8-20(22)23;1-9(16(18)19)10-6-7-14-12(8-10)15(17)11-4-2-3-5-13(11)20-14;1-16(2)14-8-10-17(11-9-14)12-15(18)13-6-4-3-5-7-13;17-14(13-4-2-1-3-5-13)12-16-9-6-15(7-10-16)8-11-16;1-3-7-10-8-4-2-6-9(10)5-1;9-7(8(10)11)6-4-2-1-3-5-6;;/h1-3,6-7,9-12H,4-5,8,13-16H2;2-9H,1H3,(H,18,19);3-11H,12H2,1-2H3;1-5H,6-12H2;5H,1-4,6-8H2;1-5H,(H,10,11);2*1H4/q+1;;2*+1;;;;/p-2. The number of piperazine rings is 3. The number of aromatic nitrogens is 1. The first-order valence-electron chi connectivity index (χ1n) is 34.9. The highest BCUT2D eigenvalue weighted by atomic mass is 16.4. The van der Waals surface area contributed by atoms with E-state index in [9.17, 15) is 43.8 Å². The van der Waals surface area contributed by atoms with Gasteiger partial charge in [0, 0.05) is 116 Å². The van der Waals surface area contributed by atoms with Gasteiger partial charge in [0.15, 0.2) is 18.2 Å². The second kappa shape index (κ2) is 37.8. The molecule has 7 aliphatic heterocycles. The van der Waals surface area contributed by atoms with Crippen molar-refractivity contribution in [2.45, 2.75) is 92.2 Å². The van der Waals surface area contributed by atoms with Crippen LogP contribution in [0.4, 0.5) is 5.69 Å². The molecule has 0 aliphatic carbocycles. The lowest BCUT2D eigenvalue weighted by atomic mass is 9.99. The molecule has 2 bridgehead atoms. The monoisotopic (exact) mass is 1380 g/mol. The molecule has 4 fully saturated rings.